The van der Waals surface area contributed by atoms with Gasteiger partial charge in [-0.3, -0.25) is 4.79 Å². The van der Waals surface area contributed by atoms with E-state index in [4.69, 9.17) is 9.84 Å². The normalized spacial score (nSPS) is 10.9. The van der Waals surface area contributed by atoms with E-state index in [1.807, 2.05) is 37.2 Å². The van der Waals surface area contributed by atoms with Crippen LogP contribution in [0.1, 0.15) is 5.69 Å². The fourth-order valence-electron chi connectivity index (χ4n) is 1.80. The number of carboxylic acid groups (broad SMARTS) is 1. The Morgan fingerprint density at radius 2 is 2.23 bits per heavy atom. The Kier molecular flexibility index (Phi) is 5.93. The second-order valence-corrected chi connectivity index (χ2v) is 6.78. The second kappa shape index (κ2) is 7.71. The van der Waals surface area contributed by atoms with Gasteiger partial charge in [0.1, 0.15) is 17.4 Å². The summed E-state index contributed by atoms with van der Waals surface area (Å²) in [6.07, 6.45) is -0.0681. The first kappa shape index (κ1) is 16.9. The monoisotopic (exact) mass is 384 g/mol. The minimum Gasteiger partial charge on any atom is -0.492 e. The Labute approximate surface area is 141 Å². The van der Waals surface area contributed by atoms with E-state index in [1.165, 1.54) is 11.3 Å². The molecule has 2 aromatic rings. The van der Waals surface area contributed by atoms with Crippen LogP contribution in [0.2, 0.25) is 0 Å². The van der Waals surface area contributed by atoms with Gasteiger partial charge in [-0.15, -0.1) is 11.3 Å². The molecule has 0 radical (unpaired) electrons. The number of carboxylic acids is 1. The molecule has 0 bridgehead atoms. The lowest BCUT2D eigenvalue weighted by Gasteiger charge is -2.13. The summed E-state index contributed by atoms with van der Waals surface area (Å²) < 4.78 is 6.76. The molecule has 1 aromatic carbocycles. The lowest BCUT2D eigenvalue weighted by atomic mass is 10.2. The summed E-state index contributed by atoms with van der Waals surface area (Å²) in [6, 6.07) is 5.75. The maximum Gasteiger partial charge on any atom is 0.309 e. The van der Waals surface area contributed by atoms with Crippen LogP contribution in [-0.4, -0.2) is 48.2 Å². The highest BCUT2D eigenvalue weighted by Crippen LogP contribution is 2.34. The van der Waals surface area contributed by atoms with Crippen LogP contribution in [0.25, 0.3) is 10.6 Å². The quantitative estimate of drug-likeness (QED) is 0.794. The average molecular weight is 385 g/mol. The van der Waals surface area contributed by atoms with E-state index in [0.717, 1.165) is 27.3 Å². The number of aliphatic carboxylic acids is 1. The van der Waals surface area contributed by atoms with Crippen LogP contribution in [0.3, 0.4) is 0 Å². The molecule has 2 rings (SSSR count). The molecule has 0 atom stereocenters. The van der Waals surface area contributed by atoms with Crippen molar-refractivity contribution < 1.29 is 14.6 Å². The molecule has 7 heteroatoms. The lowest BCUT2D eigenvalue weighted by Crippen LogP contribution is -2.19. The van der Waals surface area contributed by atoms with Crippen LogP contribution in [0.4, 0.5) is 0 Å². The predicted octanol–water partition coefficient (Wildman–Crippen LogP) is 3.14. The van der Waals surface area contributed by atoms with E-state index in [0.29, 0.717) is 12.3 Å². The third-order valence-corrected chi connectivity index (χ3v) is 4.27. The highest BCUT2D eigenvalue weighted by Gasteiger charge is 2.13. The zero-order valence-electron chi connectivity index (χ0n) is 12.4. The number of halogens is 1. The zero-order chi connectivity index (χ0) is 16.1. The van der Waals surface area contributed by atoms with Crippen molar-refractivity contribution in [2.45, 2.75) is 6.42 Å². The van der Waals surface area contributed by atoms with Gasteiger partial charge in [0, 0.05) is 16.4 Å². The van der Waals surface area contributed by atoms with Gasteiger partial charge in [-0.05, 0) is 32.3 Å². The van der Waals surface area contributed by atoms with Crippen molar-refractivity contribution in [1.82, 2.24) is 9.88 Å². The fraction of sp³-hybridized carbons (Fsp3) is 0.333. The molecular weight excluding hydrogens is 368 g/mol. The van der Waals surface area contributed by atoms with Gasteiger partial charge >= 0.3 is 5.97 Å². The Morgan fingerprint density at radius 3 is 2.91 bits per heavy atom. The number of rotatable bonds is 7. The van der Waals surface area contributed by atoms with E-state index in [-0.39, 0.29) is 6.42 Å². The number of nitrogens with zero attached hydrogens (tertiary/aromatic N) is 2. The third kappa shape index (κ3) is 4.79. The highest BCUT2D eigenvalue weighted by molar-refractivity contribution is 9.10. The summed E-state index contributed by atoms with van der Waals surface area (Å²) in [5.41, 5.74) is 1.43. The molecular formula is C15H17BrN2O3S. The summed E-state index contributed by atoms with van der Waals surface area (Å²) in [5, 5.41) is 11.4. The van der Waals surface area contributed by atoms with Crippen LogP contribution in [0, 0.1) is 0 Å². The molecule has 0 amide bonds. The molecule has 0 unspecified atom stereocenters. The van der Waals surface area contributed by atoms with Crippen molar-refractivity contribution in [3.8, 4) is 16.3 Å². The number of carbonyl (C=O) groups is 1. The van der Waals surface area contributed by atoms with E-state index in [1.54, 1.807) is 5.38 Å². The zero-order valence-corrected chi connectivity index (χ0v) is 14.8. The number of ether oxygens (including phenoxy) is 1. The van der Waals surface area contributed by atoms with Crippen LogP contribution >= 0.6 is 27.3 Å². The summed E-state index contributed by atoms with van der Waals surface area (Å²) in [6.45, 7) is 1.40. The summed E-state index contributed by atoms with van der Waals surface area (Å²) in [5.74, 6) is -0.130. The van der Waals surface area contributed by atoms with Gasteiger partial charge in [-0.2, -0.15) is 0 Å². The number of hydrogen-bond acceptors (Lipinski definition) is 5. The molecule has 0 aliphatic rings. The maximum atomic E-state index is 10.8. The number of thiazole rings is 1. The van der Waals surface area contributed by atoms with E-state index in [9.17, 15) is 4.79 Å². The number of hydrogen-bond donors (Lipinski definition) is 1. The largest absolute Gasteiger partial charge is 0.492 e. The Bertz CT molecular complexity index is 658. The van der Waals surface area contributed by atoms with Gasteiger partial charge in [0.05, 0.1) is 17.7 Å². The van der Waals surface area contributed by atoms with Crippen LogP contribution in [-0.2, 0) is 11.2 Å². The number of benzene rings is 1. The van der Waals surface area contributed by atoms with Crippen LogP contribution in [0.15, 0.2) is 28.1 Å². The first-order valence-electron chi connectivity index (χ1n) is 6.69. The minimum atomic E-state index is -0.881. The molecule has 1 aromatic heterocycles. The van der Waals surface area contributed by atoms with Gasteiger partial charge in [0.25, 0.3) is 0 Å². The molecule has 0 saturated carbocycles. The molecule has 5 nitrogen and oxygen atoms in total. The molecule has 0 spiro atoms. The van der Waals surface area contributed by atoms with Gasteiger partial charge in [-0.1, -0.05) is 15.9 Å². The van der Waals surface area contributed by atoms with E-state index < -0.39 is 5.97 Å². The molecule has 22 heavy (non-hydrogen) atoms. The van der Waals surface area contributed by atoms with Gasteiger partial charge in [0.2, 0.25) is 0 Å². The standard InChI is InChI=1S/C15H17BrN2O3S/c1-18(2)5-6-21-13-4-3-10(16)7-12(13)15-17-11(9-22-15)8-14(19)20/h3-4,7,9H,5-6,8H2,1-2H3,(H,19,20). The van der Waals surface area contributed by atoms with Crippen LogP contribution < -0.4 is 4.74 Å². The van der Waals surface area contributed by atoms with Gasteiger partial charge < -0.3 is 14.7 Å². The summed E-state index contributed by atoms with van der Waals surface area (Å²) in [7, 11) is 3.98. The molecule has 1 N–H and O–H groups in total. The van der Waals surface area contributed by atoms with Crippen molar-refractivity contribution >= 4 is 33.2 Å². The maximum absolute atomic E-state index is 10.8. The minimum absolute atomic E-state index is 0.0681. The number of likely N-dealkylation sites (N-methyl/N-ethyl adjacent to an activating group) is 1. The summed E-state index contributed by atoms with van der Waals surface area (Å²) >= 11 is 4.87. The van der Waals surface area contributed by atoms with Crippen molar-refractivity contribution in [2.75, 3.05) is 27.2 Å². The SMILES string of the molecule is CN(C)CCOc1ccc(Br)cc1-c1nc(CC(=O)O)cs1. The first-order chi connectivity index (χ1) is 10.5. The Morgan fingerprint density at radius 1 is 1.45 bits per heavy atom. The molecule has 0 aliphatic carbocycles. The molecule has 118 valence electrons. The molecule has 0 aliphatic heterocycles. The molecule has 0 saturated heterocycles. The lowest BCUT2D eigenvalue weighted by molar-refractivity contribution is -0.136. The van der Waals surface area contributed by atoms with E-state index >= 15 is 0 Å². The Balaban J connectivity index is 2.22. The fourth-order valence-corrected chi connectivity index (χ4v) is 3.00. The molecule has 1 heterocycles. The van der Waals surface area contributed by atoms with Crippen LogP contribution in [0.5, 0.6) is 5.75 Å². The first-order valence-corrected chi connectivity index (χ1v) is 8.36. The average Bonchev–Trinajstić information content (AvgIpc) is 2.87. The van der Waals surface area contributed by atoms with Gasteiger partial charge in [0.15, 0.2) is 0 Å². The topological polar surface area (TPSA) is 62.7 Å². The van der Waals surface area contributed by atoms with Crippen molar-refractivity contribution in [2.24, 2.45) is 0 Å². The molecule has 0 fully saturated rings. The smallest absolute Gasteiger partial charge is 0.309 e. The highest BCUT2D eigenvalue weighted by atomic mass is 79.9. The van der Waals surface area contributed by atoms with Gasteiger partial charge in [-0.25, -0.2) is 4.98 Å². The second-order valence-electron chi connectivity index (χ2n) is 5.01. The number of aromatic nitrogens is 1. The van der Waals surface area contributed by atoms with E-state index in [2.05, 4.69) is 20.9 Å². The summed E-state index contributed by atoms with van der Waals surface area (Å²) in [4.78, 5) is 17.2. The van der Waals surface area contributed by atoms with Crippen molar-refractivity contribution in [3.63, 3.8) is 0 Å². The van der Waals surface area contributed by atoms with Crippen molar-refractivity contribution in [1.29, 1.82) is 0 Å². The Hall–Kier alpha value is -1.44. The predicted molar refractivity (Wildman–Crippen MR) is 90.6 cm³/mol. The third-order valence-electron chi connectivity index (χ3n) is 2.85. The van der Waals surface area contributed by atoms with Crippen molar-refractivity contribution in [3.05, 3.63) is 33.7 Å².